The van der Waals surface area contributed by atoms with E-state index >= 15 is 0 Å². The van der Waals surface area contributed by atoms with Crippen LogP contribution in [-0.4, -0.2) is 29.6 Å². The van der Waals surface area contributed by atoms with Gasteiger partial charge in [-0.2, -0.15) is 5.26 Å². The first-order valence-electron chi connectivity index (χ1n) is 6.95. The van der Waals surface area contributed by atoms with Crippen molar-refractivity contribution in [3.63, 3.8) is 0 Å². The third-order valence-electron chi connectivity index (χ3n) is 3.84. The van der Waals surface area contributed by atoms with Crippen LogP contribution in [0.1, 0.15) is 52.9 Å². The topological polar surface area (TPSA) is 53.1 Å². The van der Waals surface area contributed by atoms with Crippen molar-refractivity contribution in [2.75, 3.05) is 13.1 Å². The molecule has 0 spiro atoms. The summed E-state index contributed by atoms with van der Waals surface area (Å²) in [6.07, 6.45) is 5.39. The molecule has 3 heteroatoms. The van der Waals surface area contributed by atoms with E-state index in [4.69, 9.17) is 11.0 Å². The Labute approximate surface area is 106 Å². The molecular formula is C14H27N3. The van der Waals surface area contributed by atoms with Crippen molar-refractivity contribution in [2.24, 2.45) is 11.7 Å². The highest BCUT2D eigenvalue weighted by Gasteiger charge is 2.26. The van der Waals surface area contributed by atoms with Crippen LogP contribution >= 0.6 is 0 Å². The Bertz CT molecular complexity index is 265. The largest absolute Gasteiger partial charge is 0.313 e. The van der Waals surface area contributed by atoms with Crippen molar-refractivity contribution in [1.29, 1.82) is 5.26 Å². The maximum atomic E-state index is 9.03. The Balaban J connectivity index is 2.28. The van der Waals surface area contributed by atoms with E-state index < -0.39 is 5.54 Å². The van der Waals surface area contributed by atoms with Crippen LogP contribution in [-0.2, 0) is 0 Å². The smallest absolute Gasteiger partial charge is 0.104 e. The van der Waals surface area contributed by atoms with E-state index in [0.29, 0.717) is 6.04 Å². The highest BCUT2D eigenvalue weighted by atomic mass is 15.1. The molecular weight excluding hydrogens is 210 g/mol. The lowest BCUT2D eigenvalue weighted by molar-refractivity contribution is 0.204. The van der Waals surface area contributed by atoms with Crippen LogP contribution in [0.15, 0.2) is 0 Å². The highest BCUT2D eigenvalue weighted by Crippen LogP contribution is 2.30. The second kappa shape index (κ2) is 6.37. The standard InChI is InChI=1S/C14H27N3/c1-4-14(16,11-15)8-5-9-17(12(2)3)10-13-6-7-13/h12-13H,4-10,16H2,1-3H3. The van der Waals surface area contributed by atoms with Crippen LogP contribution in [0.3, 0.4) is 0 Å². The van der Waals surface area contributed by atoms with Crippen LogP contribution in [0.25, 0.3) is 0 Å². The van der Waals surface area contributed by atoms with E-state index in [1.165, 1.54) is 19.4 Å². The van der Waals surface area contributed by atoms with Crippen molar-refractivity contribution in [1.82, 2.24) is 4.90 Å². The first-order chi connectivity index (χ1) is 8.00. The maximum Gasteiger partial charge on any atom is 0.104 e. The predicted octanol–water partition coefficient (Wildman–Crippen LogP) is 2.52. The summed E-state index contributed by atoms with van der Waals surface area (Å²) in [5, 5.41) is 9.03. The maximum absolute atomic E-state index is 9.03. The monoisotopic (exact) mass is 237 g/mol. The Hall–Kier alpha value is -0.590. The normalized spacial score (nSPS) is 19.4. The van der Waals surface area contributed by atoms with Crippen molar-refractivity contribution >= 4 is 0 Å². The molecule has 1 fully saturated rings. The van der Waals surface area contributed by atoms with E-state index in [1.807, 2.05) is 6.92 Å². The first-order valence-corrected chi connectivity index (χ1v) is 6.95. The lowest BCUT2D eigenvalue weighted by Gasteiger charge is -2.28. The molecule has 1 saturated carbocycles. The summed E-state index contributed by atoms with van der Waals surface area (Å²) in [5.41, 5.74) is 5.38. The molecule has 1 aliphatic carbocycles. The molecule has 0 saturated heterocycles. The first kappa shape index (κ1) is 14.5. The Morgan fingerprint density at radius 2 is 2.12 bits per heavy atom. The summed E-state index contributed by atoms with van der Waals surface area (Å²) in [6.45, 7) is 8.81. The van der Waals surface area contributed by atoms with Gasteiger partial charge in [0.2, 0.25) is 0 Å². The van der Waals surface area contributed by atoms with E-state index in [0.717, 1.165) is 31.7 Å². The fourth-order valence-electron chi connectivity index (χ4n) is 2.10. The molecule has 17 heavy (non-hydrogen) atoms. The number of nitrogens with two attached hydrogens (primary N) is 1. The molecule has 1 unspecified atom stereocenters. The van der Waals surface area contributed by atoms with E-state index in [1.54, 1.807) is 0 Å². The minimum absolute atomic E-state index is 0.603. The van der Waals surface area contributed by atoms with Gasteiger partial charge in [0.25, 0.3) is 0 Å². The fourth-order valence-corrected chi connectivity index (χ4v) is 2.10. The third kappa shape index (κ3) is 5.06. The summed E-state index contributed by atoms with van der Waals surface area (Å²) in [5.74, 6) is 0.933. The summed E-state index contributed by atoms with van der Waals surface area (Å²) in [6, 6.07) is 2.85. The van der Waals surface area contributed by atoms with Crippen molar-refractivity contribution in [3.05, 3.63) is 0 Å². The Morgan fingerprint density at radius 3 is 2.53 bits per heavy atom. The molecule has 0 bridgehead atoms. The third-order valence-corrected chi connectivity index (χ3v) is 3.84. The number of rotatable bonds is 8. The zero-order valence-electron chi connectivity index (χ0n) is 11.6. The molecule has 1 aliphatic rings. The van der Waals surface area contributed by atoms with E-state index in [9.17, 15) is 0 Å². The second-order valence-electron chi connectivity index (χ2n) is 5.76. The minimum atomic E-state index is -0.609. The molecule has 0 aliphatic heterocycles. The SMILES string of the molecule is CCC(N)(C#N)CCCN(CC1CC1)C(C)C. The Morgan fingerprint density at radius 1 is 1.47 bits per heavy atom. The predicted molar refractivity (Wildman–Crippen MR) is 71.5 cm³/mol. The van der Waals surface area contributed by atoms with Crippen molar-refractivity contribution in [2.45, 2.75) is 64.5 Å². The average molecular weight is 237 g/mol. The van der Waals surface area contributed by atoms with Gasteiger partial charge in [0, 0.05) is 12.6 Å². The van der Waals surface area contributed by atoms with Gasteiger partial charge in [0.15, 0.2) is 0 Å². The molecule has 0 radical (unpaired) electrons. The molecule has 3 nitrogen and oxygen atoms in total. The lowest BCUT2D eigenvalue weighted by atomic mass is 9.93. The number of nitrogens with zero attached hydrogens (tertiary/aromatic N) is 2. The molecule has 2 N–H and O–H groups in total. The Kier molecular flexibility index (Phi) is 5.42. The van der Waals surface area contributed by atoms with Crippen molar-refractivity contribution in [3.8, 4) is 6.07 Å². The molecule has 98 valence electrons. The van der Waals surface area contributed by atoms with Gasteiger partial charge in [-0.05, 0) is 58.4 Å². The van der Waals surface area contributed by atoms with Gasteiger partial charge in [-0.1, -0.05) is 6.92 Å². The quantitative estimate of drug-likeness (QED) is 0.705. The average Bonchev–Trinajstić information content (AvgIpc) is 3.11. The fraction of sp³-hybridized carbons (Fsp3) is 0.929. The molecule has 0 aromatic heterocycles. The lowest BCUT2D eigenvalue weighted by Crippen LogP contribution is -2.39. The molecule has 1 rings (SSSR count). The van der Waals surface area contributed by atoms with Gasteiger partial charge in [0.1, 0.15) is 5.54 Å². The van der Waals surface area contributed by atoms with Gasteiger partial charge in [0.05, 0.1) is 6.07 Å². The molecule has 0 heterocycles. The summed E-state index contributed by atoms with van der Waals surface area (Å²) in [7, 11) is 0. The van der Waals surface area contributed by atoms with Gasteiger partial charge in [-0.15, -0.1) is 0 Å². The molecule has 1 atom stereocenters. The van der Waals surface area contributed by atoms with Gasteiger partial charge in [-0.3, -0.25) is 0 Å². The summed E-state index contributed by atoms with van der Waals surface area (Å²) < 4.78 is 0. The van der Waals surface area contributed by atoms with Crippen LogP contribution in [0.2, 0.25) is 0 Å². The van der Waals surface area contributed by atoms with E-state index in [2.05, 4.69) is 24.8 Å². The van der Waals surface area contributed by atoms with E-state index in [-0.39, 0.29) is 0 Å². The van der Waals surface area contributed by atoms with Crippen LogP contribution in [0.5, 0.6) is 0 Å². The number of nitriles is 1. The molecule has 0 aromatic carbocycles. The van der Waals surface area contributed by atoms with Gasteiger partial charge in [-0.25, -0.2) is 0 Å². The molecule has 0 aromatic rings. The van der Waals surface area contributed by atoms with Crippen LogP contribution in [0.4, 0.5) is 0 Å². The minimum Gasteiger partial charge on any atom is -0.313 e. The molecule has 0 amide bonds. The van der Waals surface area contributed by atoms with Gasteiger partial charge >= 0.3 is 0 Å². The van der Waals surface area contributed by atoms with Crippen LogP contribution < -0.4 is 5.73 Å². The van der Waals surface area contributed by atoms with Crippen LogP contribution in [0, 0.1) is 17.2 Å². The highest BCUT2D eigenvalue weighted by molar-refractivity contribution is 5.03. The number of hydrogen-bond donors (Lipinski definition) is 1. The summed E-state index contributed by atoms with van der Waals surface area (Å²) in [4.78, 5) is 2.53. The second-order valence-corrected chi connectivity index (χ2v) is 5.76. The van der Waals surface area contributed by atoms with Crippen molar-refractivity contribution < 1.29 is 0 Å². The number of hydrogen-bond acceptors (Lipinski definition) is 3. The summed E-state index contributed by atoms with van der Waals surface area (Å²) >= 11 is 0. The zero-order valence-corrected chi connectivity index (χ0v) is 11.6. The van der Waals surface area contributed by atoms with Gasteiger partial charge < -0.3 is 10.6 Å². The zero-order chi connectivity index (χ0) is 12.9.